The highest BCUT2D eigenvalue weighted by molar-refractivity contribution is 6.33. The van der Waals surface area contributed by atoms with Crippen molar-refractivity contribution < 1.29 is 9.53 Å². The summed E-state index contributed by atoms with van der Waals surface area (Å²) in [5.74, 6) is 0.365. The van der Waals surface area contributed by atoms with Gasteiger partial charge in [-0.2, -0.15) is 0 Å². The third kappa shape index (κ3) is 4.16. The fourth-order valence-electron chi connectivity index (χ4n) is 2.39. The van der Waals surface area contributed by atoms with Crippen LogP contribution in [-0.4, -0.2) is 55.7 Å². The van der Waals surface area contributed by atoms with E-state index >= 15 is 0 Å². The van der Waals surface area contributed by atoms with Crippen LogP contribution >= 0.6 is 11.6 Å². The number of amides is 1. The Balaban J connectivity index is 1.76. The zero-order chi connectivity index (χ0) is 14.4. The maximum absolute atomic E-state index is 12.0. The number of nitrogens with zero attached hydrogens (tertiary/aromatic N) is 2. The monoisotopic (exact) mass is 297 g/mol. The van der Waals surface area contributed by atoms with Crippen LogP contribution in [0.25, 0.3) is 0 Å². The predicted octanol–water partition coefficient (Wildman–Crippen LogP) is 1.43. The van der Waals surface area contributed by atoms with E-state index in [4.69, 9.17) is 16.3 Å². The highest BCUT2D eigenvalue weighted by atomic mass is 35.5. The second-order valence-corrected chi connectivity index (χ2v) is 5.42. The minimum absolute atomic E-state index is 0.132. The number of methoxy groups -OCH3 is 1. The number of hydrogen-bond acceptors (Lipinski definition) is 4. The summed E-state index contributed by atoms with van der Waals surface area (Å²) in [6, 6.07) is 1.64. The van der Waals surface area contributed by atoms with E-state index in [2.05, 4.69) is 15.2 Å². The highest BCUT2D eigenvalue weighted by Crippen LogP contribution is 2.16. The Hall–Kier alpha value is -1.17. The van der Waals surface area contributed by atoms with E-state index in [-0.39, 0.29) is 5.91 Å². The maximum atomic E-state index is 12.0. The van der Waals surface area contributed by atoms with Crippen molar-refractivity contribution in [3.05, 3.63) is 29.0 Å². The number of carbonyl (C=O) groups is 1. The Bertz CT molecular complexity index is 456. The lowest BCUT2D eigenvalue weighted by Gasteiger charge is -2.15. The molecule has 1 amide bonds. The van der Waals surface area contributed by atoms with Crippen molar-refractivity contribution in [3.63, 3.8) is 0 Å². The average molecular weight is 298 g/mol. The lowest BCUT2D eigenvalue weighted by molar-refractivity contribution is 0.0946. The third-order valence-electron chi connectivity index (χ3n) is 3.55. The molecule has 0 saturated carbocycles. The van der Waals surface area contributed by atoms with Crippen LogP contribution in [0.15, 0.2) is 18.5 Å². The molecule has 1 aliphatic rings. The van der Waals surface area contributed by atoms with E-state index in [0.29, 0.717) is 23.0 Å². The molecule has 1 N–H and O–H groups in total. The number of carbonyl (C=O) groups excluding carboxylic acids is 1. The molecule has 0 spiro atoms. The molecule has 1 aromatic rings. The first kappa shape index (κ1) is 15.2. The van der Waals surface area contributed by atoms with Gasteiger partial charge in [0.2, 0.25) is 0 Å². The number of ether oxygens (including phenoxy) is 1. The van der Waals surface area contributed by atoms with Crippen LogP contribution in [0.2, 0.25) is 5.02 Å². The average Bonchev–Trinajstić information content (AvgIpc) is 2.91. The second kappa shape index (κ2) is 7.57. The van der Waals surface area contributed by atoms with Gasteiger partial charge >= 0.3 is 0 Å². The first-order valence-electron chi connectivity index (χ1n) is 6.79. The summed E-state index contributed by atoms with van der Waals surface area (Å²) in [5.41, 5.74) is 0.482. The number of nitrogens with one attached hydrogen (secondary N) is 1. The first-order valence-corrected chi connectivity index (χ1v) is 7.17. The summed E-state index contributed by atoms with van der Waals surface area (Å²) in [7, 11) is 1.71. The standard InChI is InChI=1S/C14H20ClN3O2/c1-20-7-6-18-5-3-11(10-18)8-17-14(19)12-2-4-16-9-13(12)15/h2,4,9,11H,3,5-8,10H2,1H3,(H,17,19). The molecular weight excluding hydrogens is 278 g/mol. The first-order chi connectivity index (χ1) is 9.70. The van der Waals surface area contributed by atoms with Crippen molar-refractivity contribution >= 4 is 17.5 Å². The second-order valence-electron chi connectivity index (χ2n) is 5.01. The zero-order valence-electron chi connectivity index (χ0n) is 11.6. The van der Waals surface area contributed by atoms with Crippen LogP contribution in [0.3, 0.4) is 0 Å². The molecule has 2 heterocycles. The molecule has 0 aliphatic carbocycles. The van der Waals surface area contributed by atoms with Crippen molar-refractivity contribution in [1.82, 2.24) is 15.2 Å². The molecule has 0 radical (unpaired) electrons. The third-order valence-corrected chi connectivity index (χ3v) is 3.85. The number of hydrogen-bond donors (Lipinski definition) is 1. The van der Waals surface area contributed by atoms with Gasteiger partial charge in [-0.25, -0.2) is 0 Å². The smallest absolute Gasteiger partial charge is 0.252 e. The van der Waals surface area contributed by atoms with Crippen LogP contribution in [0.1, 0.15) is 16.8 Å². The van der Waals surface area contributed by atoms with Crippen molar-refractivity contribution in [2.45, 2.75) is 6.42 Å². The number of likely N-dealkylation sites (tertiary alicyclic amines) is 1. The summed E-state index contributed by atoms with van der Waals surface area (Å²) in [4.78, 5) is 18.3. The fourth-order valence-corrected chi connectivity index (χ4v) is 2.60. The van der Waals surface area contributed by atoms with E-state index in [0.717, 1.165) is 32.7 Å². The van der Waals surface area contributed by atoms with E-state index in [1.807, 2.05) is 0 Å². The molecule has 0 bridgehead atoms. The molecule has 110 valence electrons. The topological polar surface area (TPSA) is 54.5 Å². The molecule has 5 nitrogen and oxygen atoms in total. The van der Waals surface area contributed by atoms with Gasteiger partial charge in [0.05, 0.1) is 17.2 Å². The number of pyridine rings is 1. The van der Waals surface area contributed by atoms with Crippen LogP contribution in [0.5, 0.6) is 0 Å². The lowest BCUT2D eigenvalue weighted by Crippen LogP contribution is -2.31. The van der Waals surface area contributed by atoms with Gasteiger partial charge in [0.1, 0.15) is 0 Å². The Morgan fingerprint density at radius 2 is 2.50 bits per heavy atom. The highest BCUT2D eigenvalue weighted by Gasteiger charge is 2.22. The lowest BCUT2D eigenvalue weighted by atomic mass is 10.1. The Morgan fingerprint density at radius 3 is 3.25 bits per heavy atom. The fraction of sp³-hybridized carbons (Fsp3) is 0.571. The minimum atomic E-state index is -0.132. The van der Waals surface area contributed by atoms with Crippen molar-refractivity contribution in [2.24, 2.45) is 5.92 Å². The van der Waals surface area contributed by atoms with Crippen molar-refractivity contribution in [1.29, 1.82) is 0 Å². The summed E-state index contributed by atoms with van der Waals surface area (Å²) in [5, 5.41) is 3.34. The van der Waals surface area contributed by atoms with Gasteiger partial charge in [-0.3, -0.25) is 9.78 Å². The molecular formula is C14H20ClN3O2. The largest absolute Gasteiger partial charge is 0.383 e. The number of aromatic nitrogens is 1. The van der Waals surface area contributed by atoms with Crippen LogP contribution in [-0.2, 0) is 4.74 Å². The number of rotatable bonds is 6. The minimum Gasteiger partial charge on any atom is -0.383 e. The van der Waals surface area contributed by atoms with Gasteiger partial charge in [-0.15, -0.1) is 0 Å². The van der Waals surface area contributed by atoms with Gasteiger partial charge in [0.25, 0.3) is 5.91 Å². The van der Waals surface area contributed by atoms with E-state index < -0.39 is 0 Å². The van der Waals surface area contributed by atoms with Crippen LogP contribution < -0.4 is 5.32 Å². The maximum Gasteiger partial charge on any atom is 0.252 e. The molecule has 1 aliphatic heterocycles. The predicted molar refractivity (Wildman–Crippen MR) is 78.0 cm³/mol. The van der Waals surface area contributed by atoms with Gasteiger partial charge in [0, 0.05) is 39.1 Å². The zero-order valence-corrected chi connectivity index (χ0v) is 12.4. The molecule has 1 saturated heterocycles. The van der Waals surface area contributed by atoms with Crippen LogP contribution in [0.4, 0.5) is 0 Å². The molecule has 6 heteroatoms. The molecule has 1 fully saturated rings. The van der Waals surface area contributed by atoms with Gasteiger partial charge in [0.15, 0.2) is 0 Å². The molecule has 2 rings (SSSR count). The molecule has 1 atom stereocenters. The molecule has 1 aromatic heterocycles. The Labute approximate surface area is 124 Å². The van der Waals surface area contributed by atoms with Gasteiger partial charge < -0.3 is 15.0 Å². The van der Waals surface area contributed by atoms with Crippen LogP contribution in [0, 0.1) is 5.92 Å². The van der Waals surface area contributed by atoms with E-state index in [9.17, 15) is 4.79 Å². The van der Waals surface area contributed by atoms with Crippen molar-refractivity contribution in [2.75, 3.05) is 39.9 Å². The summed E-state index contributed by atoms with van der Waals surface area (Å²) < 4.78 is 5.08. The van der Waals surface area contributed by atoms with E-state index in [1.165, 1.54) is 6.20 Å². The normalized spacial score (nSPS) is 19.2. The molecule has 0 aromatic carbocycles. The Kier molecular flexibility index (Phi) is 5.76. The SMILES string of the molecule is COCCN1CCC(CNC(=O)c2ccncc2Cl)C1. The van der Waals surface area contributed by atoms with Gasteiger partial charge in [-0.05, 0) is 24.9 Å². The summed E-state index contributed by atoms with van der Waals surface area (Å²) >= 11 is 5.95. The molecule has 20 heavy (non-hydrogen) atoms. The van der Waals surface area contributed by atoms with E-state index in [1.54, 1.807) is 19.4 Å². The Morgan fingerprint density at radius 1 is 1.65 bits per heavy atom. The summed E-state index contributed by atoms with van der Waals surface area (Å²) in [6.45, 7) is 4.47. The molecule has 1 unspecified atom stereocenters. The number of halogens is 1. The quantitative estimate of drug-likeness (QED) is 0.863. The van der Waals surface area contributed by atoms with Gasteiger partial charge in [-0.1, -0.05) is 11.6 Å². The summed E-state index contributed by atoms with van der Waals surface area (Å²) in [6.07, 6.45) is 4.16. The van der Waals surface area contributed by atoms with Crippen molar-refractivity contribution in [3.8, 4) is 0 Å².